The molecule has 3 rings (SSSR count). The molecule has 0 aliphatic carbocycles. The molecule has 1 aromatic rings. The van der Waals surface area contributed by atoms with E-state index in [0.717, 1.165) is 38.2 Å². The first kappa shape index (κ1) is 25.1. The largest absolute Gasteiger partial charge is 0.417 e. The van der Waals surface area contributed by atoms with Crippen molar-refractivity contribution < 1.29 is 18.0 Å². The van der Waals surface area contributed by atoms with Crippen molar-refractivity contribution in [2.75, 3.05) is 44.2 Å². The number of anilines is 1. The molecule has 2 aliphatic rings. The second-order valence-corrected chi connectivity index (χ2v) is 7.20. The van der Waals surface area contributed by atoms with Crippen LogP contribution in [-0.4, -0.2) is 55.1 Å². The van der Waals surface area contributed by atoms with Gasteiger partial charge in [-0.3, -0.25) is 4.79 Å². The van der Waals surface area contributed by atoms with Gasteiger partial charge in [-0.2, -0.15) is 13.2 Å². The molecule has 0 aromatic carbocycles. The van der Waals surface area contributed by atoms with Crippen LogP contribution in [0.2, 0.25) is 5.02 Å². The van der Waals surface area contributed by atoms with E-state index in [4.69, 9.17) is 11.6 Å². The molecule has 160 valence electrons. The first-order valence-corrected chi connectivity index (χ1v) is 9.18. The van der Waals surface area contributed by atoms with Gasteiger partial charge < -0.3 is 15.1 Å². The Hall–Kier alpha value is -0.960. The number of hydrogen-bond acceptors (Lipinski definition) is 4. The number of carbonyl (C=O) groups excluding carboxylic acids is 1. The Bertz CT molecular complexity index is 649. The van der Waals surface area contributed by atoms with Crippen LogP contribution in [0.3, 0.4) is 0 Å². The molecule has 0 saturated carbocycles. The molecule has 1 amide bonds. The molecule has 1 unspecified atom stereocenters. The number of pyridine rings is 1. The summed E-state index contributed by atoms with van der Waals surface area (Å²) in [5.41, 5.74) is -0.860. The molecule has 1 N–H and O–H groups in total. The van der Waals surface area contributed by atoms with Crippen molar-refractivity contribution >= 4 is 48.1 Å². The fourth-order valence-corrected chi connectivity index (χ4v) is 3.72. The van der Waals surface area contributed by atoms with Crippen molar-refractivity contribution in [3.8, 4) is 0 Å². The zero-order valence-electron chi connectivity index (χ0n) is 15.2. The number of nitrogens with one attached hydrogen (secondary N) is 1. The normalized spacial score (nSPS) is 19.8. The van der Waals surface area contributed by atoms with Gasteiger partial charge >= 0.3 is 6.18 Å². The maximum Gasteiger partial charge on any atom is 0.417 e. The average molecular weight is 464 g/mol. The van der Waals surface area contributed by atoms with Crippen LogP contribution in [0, 0.1) is 5.92 Å². The van der Waals surface area contributed by atoms with Crippen molar-refractivity contribution in [1.29, 1.82) is 0 Å². The summed E-state index contributed by atoms with van der Waals surface area (Å²) in [6, 6.07) is 0.900. The van der Waals surface area contributed by atoms with Crippen molar-refractivity contribution in [1.82, 2.24) is 15.2 Å². The number of alkyl halides is 3. The van der Waals surface area contributed by atoms with Gasteiger partial charge in [0.25, 0.3) is 0 Å². The lowest BCUT2D eigenvalue weighted by atomic mass is 10.0. The molecule has 11 heteroatoms. The number of aromatic nitrogens is 1. The molecular weight excluding hydrogens is 440 g/mol. The molecule has 0 radical (unpaired) electrons. The number of hydrogen-bond donors (Lipinski definition) is 1. The number of piperazine rings is 1. The summed E-state index contributed by atoms with van der Waals surface area (Å²) in [5.74, 6) is 1.06. The highest BCUT2D eigenvalue weighted by atomic mass is 35.5. The molecule has 28 heavy (non-hydrogen) atoms. The summed E-state index contributed by atoms with van der Waals surface area (Å²) in [4.78, 5) is 19.9. The summed E-state index contributed by atoms with van der Waals surface area (Å²) in [7, 11) is 0. The summed E-state index contributed by atoms with van der Waals surface area (Å²) in [5, 5.41) is 3.28. The maximum absolute atomic E-state index is 12.7. The Kier molecular flexibility index (Phi) is 9.59. The summed E-state index contributed by atoms with van der Waals surface area (Å²) < 4.78 is 38.1. The summed E-state index contributed by atoms with van der Waals surface area (Å²) in [6.07, 6.45) is -1.09. The van der Waals surface area contributed by atoms with Crippen molar-refractivity contribution in [2.45, 2.75) is 25.4 Å². The number of nitrogens with zero attached hydrogens (tertiary/aromatic N) is 3. The van der Waals surface area contributed by atoms with Crippen molar-refractivity contribution in [2.24, 2.45) is 5.92 Å². The van der Waals surface area contributed by atoms with Crippen LogP contribution in [0.25, 0.3) is 0 Å². The van der Waals surface area contributed by atoms with Crippen LogP contribution in [0.1, 0.15) is 24.8 Å². The lowest BCUT2D eigenvalue weighted by Gasteiger charge is -2.36. The number of amides is 1. The average Bonchev–Trinajstić information content (AvgIpc) is 3.12. The highest BCUT2D eigenvalue weighted by Crippen LogP contribution is 2.33. The maximum atomic E-state index is 12.7. The Labute approximate surface area is 179 Å². The van der Waals surface area contributed by atoms with Crippen LogP contribution in [0.15, 0.2) is 12.3 Å². The molecule has 3 heterocycles. The monoisotopic (exact) mass is 462 g/mol. The van der Waals surface area contributed by atoms with Crippen molar-refractivity contribution in [3.05, 3.63) is 22.8 Å². The van der Waals surface area contributed by atoms with Gasteiger partial charge in [0.2, 0.25) is 5.91 Å². The predicted molar refractivity (Wildman–Crippen MR) is 108 cm³/mol. The van der Waals surface area contributed by atoms with Gasteiger partial charge in [-0.1, -0.05) is 11.6 Å². The number of rotatable bonds is 4. The van der Waals surface area contributed by atoms with Gasteiger partial charge in [-0.05, 0) is 37.9 Å². The zero-order chi connectivity index (χ0) is 18.7. The number of carbonyl (C=O) groups is 1. The molecular formula is C17H24Cl3F3N4O. The summed E-state index contributed by atoms with van der Waals surface area (Å²) in [6.45, 7) is 4.09. The third-order valence-corrected chi connectivity index (χ3v) is 5.29. The molecule has 1 atom stereocenters. The SMILES string of the molecule is Cl.Cl.O=C(CCC1CCNC1)N1CCN(c2ncc(C(F)(F)F)cc2Cl)CC1. The Morgan fingerprint density at radius 1 is 1.25 bits per heavy atom. The van der Waals surface area contributed by atoms with Crippen LogP contribution < -0.4 is 10.2 Å². The first-order valence-electron chi connectivity index (χ1n) is 8.81. The van der Waals surface area contributed by atoms with E-state index in [9.17, 15) is 18.0 Å². The topological polar surface area (TPSA) is 48.5 Å². The molecule has 2 aliphatic heterocycles. The first-order chi connectivity index (χ1) is 12.3. The second kappa shape index (κ2) is 10.7. The lowest BCUT2D eigenvalue weighted by molar-refractivity contribution is -0.137. The minimum atomic E-state index is -4.46. The quantitative estimate of drug-likeness (QED) is 0.741. The molecule has 0 bridgehead atoms. The van der Waals surface area contributed by atoms with Crippen LogP contribution in [0.5, 0.6) is 0 Å². The predicted octanol–water partition coefficient (Wildman–Crippen LogP) is 3.64. The van der Waals surface area contributed by atoms with E-state index in [1.54, 1.807) is 0 Å². The van der Waals surface area contributed by atoms with Crippen LogP contribution in [0.4, 0.5) is 19.0 Å². The third kappa shape index (κ3) is 6.27. The van der Waals surface area contributed by atoms with E-state index in [1.165, 1.54) is 0 Å². The molecule has 0 spiro atoms. The van der Waals surface area contributed by atoms with Gasteiger partial charge in [-0.25, -0.2) is 4.98 Å². The van der Waals surface area contributed by atoms with Crippen LogP contribution in [-0.2, 0) is 11.0 Å². The fraction of sp³-hybridized carbons (Fsp3) is 0.647. The number of halogens is 6. The van der Waals surface area contributed by atoms with E-state index >= 15 is 0 Å². The van der Waals surface area contributed by atoms with Crippen molar-refractivity contribution in [3.63, 3.8) is 0 Å². The van der Waals surface area contributed by atoms with E-state index in [0.29, 0.717) is 44.3 Å². The Morgan fingerprint density at radius 2 is 1.93 bits per heavy atom. The van der Waals surface area contributed by atoms with E-state index in [2.05, 4.69) is 10.3 Å². The van der Waals surface area contributed by atoms with Gasteiger partial charge in [0.1, 0.15) is 5.82 Å². The molecule has 2 fully saturated rings. The highest BCUT2D eigenvalue weighted by Gasteiger charge is 2.32. The molecule has 2 saturated heterocycles. The lowest BCUT2D eigenvalue weighted by Crippen LogP contribution is -2.49. The summed E-state index contributed by atoms with van der Waals surface area (Å²) >= 11 is 6.00. The van der Waals surface area contributed by atoms with E-state index in [1.807, 2.05) is 9.80 Å². The second-order valence-electron chi connectivity index (χ2n) is 6.79. The van der Waals surface area contributed by atoms with Gasteiger partial charge in [0.15, 0.2) is 0 Å². The van der Waals surface area contributed by atoms with E-state index < -0.39 is 11.7 Å². The smallest absolute Gasteiger partial charge is 0.352 e. The van der Waals surface area contributed by atoms with Gasteiger partial charge in [-0.15, -0.1) is 24.8 Å². The van der Waals surface area contributed by atoms with Gasteiger partial charge in [0, 0.05) is 38.8 Å². The third-order valence-electron chi connectivity index (χ3n) is 5.01. The zero-order valence-corrected chi connectivity index (χ0v) is 17.6. The Morgan fingerprint density at radius 3 is 2.46 bits per heavy atom. The van der Waals surface area contributed by atoms with Crippen LogP contribution >= 0.6 is 36.4 Å². The minimum Gasteiger partial charge on any atom is -0.352 e. The highest BCUT2D eigenvalue weighted by molar-refractivity contribution is 6.33. The minimum absolute atomic E-state index is 0. The Balaban J connectivity index is 0.00000196. The van der Waals surface area contributed by atoms with Gasteiger partial charge in [0.05, 0.1) is 10.6 Å². The van der Waals surface area contributed by atoms with E-state index in [-0.39, 0.29) is 35.7 Å². The standard InChI is InChI=1S/C17H22ClF3N4O.2ClH/c18-14-9-13(17(19,20)21)11-23-16(14)25-7-5-24(6-8-25)15(26)2-1-12-3-4-22-10-12;;/h9,11-12,22H,1-8,10H2;2*1H. The molecule has 5 nitrogen and oxygen atoms in total. The molecule has 1 aromatic heterocycles. The fourth-order valence-electron chi connectivity index (χ4n) is 3.43.